The van der Waals surface area contributed by atoms with Crippen molar-refractivity contribution in [2.75, 3.05) is 26.5 Å². The van der Waals surface area contributed by atoms with Crippen molar-refractivity contribution < 1.29 is 13.2 Å². The topological polar surface area (TPSA) is 133 Å². The molecule has 3 N–H and O–H groups in total. The minimum atomic E-state index is -3.17. The van der Waals surface area contributed by atoms with Crippen LogP contribution in [0, 0.1) is 11.8 Å². The summed E-state index contributed by atoms with van der Waals surface area (Å²) in [4.78, 5) is 24.3. The number of sulfonamides is 1. The molecule has 0 aromatic heterocycles. The van der Waals surface area contributed by atoms with Crippen LogP contribution in [0.15, 0.2) is 112 Å². The molecule has 10 nitrogen and oxygen atoms in total. The van der Waals surface area contributed by atoms with E-state index in [-0.39, 0.29) is 17.9 Å². The highest BCUT2D eigenvalue weighted by Crippen LogP contribution is 2.14. The van der Waals surface area contributed by atoms with Gasteiger partial charge in [0.1, 0.15) is 12.5 Å². The molecule has 0 heterocycles. The van der Waals surface area contributed by atoms with Crippen LogP contribution < -0.4 is 10.5 Å². The molecule has 0 saturated heterocycles. The van der Waals surface area contributed by atoms with Crippen LogP contribution >= 0.6 is 0 Å². The highest BCUT2D eigenvalue weighted by atomic mass is 32.2. The highest BCUT2D eigenvalue weighted by molar-refractivity contribution is 7.88. The number of nitrogens with two attached hydrogens (primary N) is 1. The standard InChI is InChI=1S/C38H54N6O.2C2H6.CH5NO2S/c1-7-9-10-11-12-13-14-18-26-41-37(28-32(3)4)44(39-5)31-40-29-33-21-23-34(24-22-33)30-43(6)27-25-35(8-2)38(45)42-36-19-16-15-17-20-36;2*1-2;1-5(2,3)4/h7,9-11,13-17,19,21-24,26,28-29,32,35-36H,5,8,12,18,20,25,27,30-31H2,1-4,6H3,(H,42,45);2*1-2H3;1H3,(H2,2,3,4)/b9-7-,11-10-,14-13+,37-28-,40-29+,41-26-;;;. The van der Waals surface area contributed by atoms with Crippen molar-refractivity contribution in [3.63, 3.8) is 0 Å². The second-order valence-electron chi connectivity index (χ2n) is 12.3. The summed E-state index contributed by atoms with van der Waals surface area (Å²) in [5.74, 6) is 1.22. The highest BCUT2D eigenvalue weighted by Gasteiger charge is 2.19. The number of aliphatic imine (C=N–C) groups is 2. The number of nitrogens with zero attached hydrogens (tertiary/aromatic N) is 5. The molecule has 1 aromatic carbocycles. The zero-order chi connectivity index (χ0) is 41.2. The van der Waals surface area contributed by atoms with Crippen LogP contribution in [0.1, 0.15) is 98.6 Å². The monoisotopic (exact) mass is 766 g/mol. The first-order valence-corrected chi connectivity index (χ1v) is 21.1. The lowest BCUT2D eigenvalue weighted by molar-refractivity contribution is -0.125. The second kappa shape index (κ2) is 33.4. The normalized spacial score (nSPS) is 15.0. The predicted molar refractivity (Wildman–Crippen MR) is 235 cm³/mol. The lowest BCUT2D eigenvalue weighted by atomic mass is 9.99. The van der Waals surface area contributed by atoms with Crippen molar-refractivity contribution in [3.8, 4) is 0 Å². The Bertz CT molecular complexity index is 1480. The van der Waals surface area contributed by atoms with Gasteiger partial charge >= 0.3 is 0 Å². The third-order valence-corrected chi connectivity index (χ3v) is 7.18. The van der Waals surface area contributed by atoms with Crippen LogP contribution in [-0.4, -0.2) is 75.9 Å². The van der Waals surface area contributed by atoms with Crippen LogP contribution in [0.3, 0.4) is 0 Å². The first-order valence-electron chi connectivity index (χ1n) is 19.2. The molecule has 2 rings (SSSR count). The molecule has 1 aliphatic rings. The van der Waals surface area contributed by atoms with E-state index in [0.29, 0.717) is 12.6 Å². The largest absolute Gasteiger partial charge is 0.349 e. The fourth-order valence-electron chi connectivity index (χ4n) is 4.64. The second-order valence-corrected chi connectivity index (χ2v) is 14.0. The van der Waals surface area contributed by atoms with Gasteiger partial charge in [0.25, 0.3) is 0 Å². The fourth-order valence-corrected chi connectivity index (χ4v) is 4.64. The maximum atomic E-state index is 12.8. The molecule has 11 heteroatoms. The Kier molecular flexibility index (Phi) is 32.1. The van der Waals surface area contributed by atoms with Crippen LogP contribution in [0.25, 0.3) is 0 Å². The number of amides is 1. The van der Waals surface area contributed by atoms with Crippen molar-refractivity contribution in [1.29, 1.82) is 0 Å². The smallest absolute Gasteiger partial charge is 0.223 e. The molecule has 302 valence electrons. The number of allylic oxidation sites excluding steroid dienone is 9. The van der Waals surface area contributed by atoms with Crippen LogP contribution in [0.2, 0.25) is 0 Å². The maximum Gasteiger partial charge on any atom is 0.223 e. The number of hydrogen-bond donors (Lipinski definition) is 2. The number of carbonyl (C=O) groups excluding carboxylic acids is 1. The molecule has 0 saturated carbocycles. The molecule has 2 unspecified atom stereocenters. The summed E-state index contributed by atoms with van der Waals surface area (Å²) < 4.78 is 18.8. The van der Waals surface area contributed by atoms with Gasteiger partial charge in [-0.1, -0.05) is 133 Å². The number of primary sulfonamides is 1. The van der Waals surface area contributed by atoms with E-state index in [9.17, 15) is 13.2 Å². The van der Waals surface area contributed by atoms with Gasteiger partial charge in [0, 0.05) is 38.0 Å². The van der Waals surface area contributed by atoms with Crippen molar-refractivity contribution in [1.82, 2.24) is 15.2 Å². The zero-order valence-corrected chi connectivity index (χ0v) is 35.7. The van der Waals surface area contributed by atoms with Gasteiger partial charge in [-0.15, -0.1) is 0 Å². The molecular formula is C43H71N7O3S. The van der Waals surface area contributed by atoms with Crippen LogP contribution in [0.5, 0.6) is 0 Å². The van der Waals surface area contributed by atoms with Gasteiger partial charge in [-0.2, -0.15) is 5.10 Å². The third-order valence-electron chi connectivity index (χ3n) is 7.18. The van der Waals surface area contributed by atoms with E-state index in [0.717, 1.165) is 62.8 Å². The fraction of sp³-hybridized carbons (Fsp3) is 0.488. The van der Waals surface area contributed by atoms with Gasteiger partial charge in [-0.3, -0.25) is 9.79 Å². The predicted octanol–water partition coefficient (Wildman–Crippen LogP) is 8.82. The lowest BCUT2D eigenvalue weighted by Gasteiger charge is -2.23. The van der Waals surface area contributed by atoms with E-state index >= 15 is 0 Å². The Balaban J connectivity index is 0. The number of benzene rings is 1. The molecule has 0 aliphatic heterocycles. The van der Waals surface area contributed by atoms with Crippen molar-refractivity contribution in [3.05, 3.63) is 108 Å². The summed E-state index contributed by atoms with van der Waals surface area (Å²) in [5.41, 5.74) is 2.24. The molecule has 0 radical (unpaired) electrons. The molecule has 0 bridgehead atoms. The van der Waals surface area contributed by atoms with Crippen LogP contribution in [-0.2, 0) is 21.4 Å². The summed E-state index contributed by atoms with van der Waals surface area (Å²) >= 11 is 0. The number of carbonyl (C=O) groups is 1. The average molecular weight is 766 g/mol. The summed E-state index contributed by atoms with van der Waals surface area (Å²) in [5, 5.41) is 13.4. The average Bonchev–Trinajstić information content (AvgIpc) is 3.14. The summed E-state index contributed by atoms with van der Waals surface area (Å²) in [6.45, 7) is 22.1. The number of hydrazone groups is 1. The minimum Gasteiger partial charge on any atom is -0.349 e. The molecule has 0 spiro atoms. The van der Waals surface area contributed by atoms with Gasteiger partial charge in [0.15, 0.2) is 0 Å². The molecule has 1 aliphatic carbocycles. The van der Waals surface area contributed by atoms with E-state index in [2.05, 4.69) is 126 Å². The van der Waals surface area contributed by atoms with E-state index in [1.165, 1.54) is 5.56 Å². The Morgan fingerprint density at radius 3 is 2.26 bits per heavy atom. The maximum absolute atomic E-state index is 12.8. The first kappa shape index (κ1) is 51.9. The summed E-state index contributed by atoms with van der Waals surface area (Å²) in [6.07, 6.45) is 31.5. The van der Waals surface area contributed by atoms with Gasteiger partial charge in [-0.25, -0.2) is 23.6 Å². The van der Waals surface area contributed by atoms with E-state index in [4.69, 9.17) is 0 Å². The number of rotatable bonds is 20. The quantitative estimate of drug-likeness (QED) is 0.0593. The molecule has 2 atom stereocenters. The van der Waals surface area contributed by atoms with Gasteiger partial charge in [0.2, 0.25) is 15.9 Å². The van der Waals surface area contributed by atoms with Crippen molar-refractivity contribution in [2.24, 2.45) is 32.1 Å². The van der Waals surface area contributed by atoms with E-state index in [1.807, 2.05) is 77.4 Å². The van der Waals surface area contributed by atoms with E-state index in [1.54, 1.807) is 5.01 Å². The molecule has 1 aromatic rings. The Hall–Kier alpha value is -4.19. The zero-order valence-electron chi connectivity index (χ0n) is 34.9. The minimum absolute atomic E-state index is 0.0224. The Morgan fingerprint density at radius 2 is 1.70 bits per heavy atom. The molecule has 54 heavy (non-hydrogen) atoms. The SMILES string of the molecule is C=NN(C/N=C/c1ccc(CN(C)CCC(CC)C(=O)NC2C=CC=CC2)cc1)C(=C\C(C)C)/N=C\C/C=C/C/C=C\C=C/C.CC.CC.CS(N)(=O)=O. The molecule has 1 amide bonds. The Labute approximate surface area is 329 Å². The molecular weight excluding hydrogens is 695 g/mol. The lowest BCUT2D eigenvalue weighted by Crippen LogP contribution is -2.39. The summed E-state index contributed by atoms with van der Waals surface area (Å²) in [7, 11) is -1.06. The van der Waals surface area contributed by atoms with Gasteiger partial charge in [-0.05, 0) is 69.3 Å². The van der Waals surface area contributed by atoms with E-state index < -0.39 is 10.0 Å². The van der Waals surface area contributed by atoms with Crippen LogP contribution in [0.4, 0.5) is 0 Å². The number of hydrogen-bond acceptors (Lipinski definition) is 8. The van der Waals surface area contributed by atoms with Gasteiger partial charge < -0.3 is 10.2 Å². The molecule has 0 fully saturated rings. The van der Waals surface area contributed by atoms with Crippen molar-refractivity contribution in [2.45, 2.75) is 100 Å². The van der Waals surface area contributed by atoms with Gasteiger partial charge in [0.05, 0.1) is 12.3 Å². The number of nitrogens with one attached hydrogen (secondary N) is 1. The summed E-state index contributed by atoms with van der Waals surface area (Å²) in [6, 6.07) is 8.53. The third kappa shape index (κ3) is 29.3. The first-order chi connectivity index (χ1) is 25.9. The Morgan fingerprint density at radius 1 is 1.06 bits per heavy atom. The van der Waals surface area contributed by atoms with Crippen molar-refractivity contribution >= 4 is 35.1 Å².